The van der Waals surface area contributed by atoms with E-state index >= 15 is 0 Å². The molecule has 0 radical (unpaired) electrons. The Hall–Kier alpha value is -0.170. The highest BCUT2D eigenvalue weighted by Crippen LogP contribution is 2.37. The van der Waals surface area contributed by atoms with E-state index in [9.17, 15) is 4.79 Å². The van der Waals surface area contributed by atoms with Gasteiger partial charge in [0.25, 0.3) is 5.91 Å². The molecule has 6 heteroatoms. The fourth-order valence-electron chi connectivity index (χ4n) is 2.79. The predicted octanol–water partition coefficient (Wildman–Crippen LogP) is 6.49. The normalized spacial score (nSPS) is 18.0. The van der Waals surface area contributed by atoms with Gasteiger partial charge in [0.15, 0.2) is 0 Å². The first-order valence-corrected chi connectivity index (χ1v) is 11.4. The number of hydrogen-bond donors (Lipinski definition) is 0. The van der Waals surface area contributed by atoms with Crippen molar-refractivity contribution in [1.82, 2.24) is 4.90 Å². The fourth-order valence-corrected chi connectivity index (χ4v) is 5.94. The Labute approximate surface area is 167 Å². The lowest BCUT2D eigenvalue weighted by Gasteiger charge is -2.13. The van der Waals surface area contributed by atoms with E-state index in [4.69, 9.17) is 12.2 Å². The highest BCUT2D eigenvalue weighted by atomic mass is 79.9. The molecule has 0 aliphatic carbocycles. The van der Waals surface area contributed by atoms with Gasteiger partial charge in [-0.3, -0.25) is 9.69 Å². The van der Waals surface area contributed by atoms with Crippen LogP contribution in [-0.4, -0.2) is 21.7 Å². The van der Waals surface area contributed by atoms with Crippen LogP contribution in [0.15, 0.2) is 14.8 Å². The molecule has 1 aliphatic rings. The van der Waals surface area contributed by atoms with Crippen molar-refractivity contribution in [3.8, 4) is 0 Å². The van der Waals surface area contributed by atoms with Crippen LogP contribution < -0.4 is 0 Å². The maximum atomic E-state index is 12.3. The van der Waals surface area contributed by atoms with Crippen LogP contribution >= 0.6 is 51.2 Å². The number of thiophene rings is 1. The lowest BCUT2D eigenvalue weighted by atomic mass is 9.93. The van der Waals surface area contributed by atoms with E-state index in [0.29, 0.717) is 10.9 Å². The maximum Gasteiger partial charge on any atom is 0.266 e. The summed E-state index contributed by atoms with van der Waals surface area (Å²) in [7, 11) is 0. The Balaban J connectivity index is 2.12. The molecule has 1 amide bonds. The third-order valence-electron chi connectivity index (χ3n) is 4.29. The van der Waals surface area contributed by atoms with Crippen molar-refractivity contribution in [2.45, 2.75) is 52.9 Å². The van der Waals surface area contributed by atoms with Gasteiger partial charge in [0.05, 0.1) is 8.69 Å². The number of thiocarbonyl (C=S) groups is 1. The van der Waals surface area contributed by atoms with E-state index in [2.05, 4.69) is 35.8 Å². The summed E-state index contributed by atoms with van der Waals surface area (Å²) in [6.07, 6.45) is 8.16. The number of carbonyl (C=O) groups excluding carboxylic acids is 1. The largest absolute Gasteiger partial charge is 0.293 e. The molecule has 1 fully saturated rings. The SMILES string of the molecule is CCCCC(CC)Cc1cc(/C=C2\SC(=S)N(CC)C2=O)sc1Br. The Morgan fingerprint density at radius 1 is 1.38 bits per heavy atom. The molecule has 2 nitrogen and oxygen atoms in total. The van der Waals surface area contributed by atoms with Gasteiger partial charge in [-0.15, -0.1) is 11.3 Å². The quantitative estimate of drug-likeness (QED) is 0.336. The van der Waals surface area contributed by atoms with Crippen molar-refractivity contribution in [3.63, 3.8) is 0 Å². The molecule has 1 aliphatic heterocycles. The Morgan fingerprint density at radius 2 is 2.12 bits per heavy atom. The van der Waals surface area contributed by atoms with Crippen molar-refractivity contribution in [2.75, 3.05) is 6.54 Å². The van der Waals surface area contributed by atoms with Gasteiger partial charge in [0.1, 0.15) is 4.32 Å². The van der Waals surface area contributed by atoms with Gasteiger partial charge < -0.3 is 0 Å². The smallest absolute Gasteiger partial charge is 0.266 e. The van der Waals surface area contributed by atoms with Gasteiger partial charge in [0.2, 0.25) is 0 Å². The summed E-state index contributed by atoms with van der Waals surface area (Å²) in [6.45, 7) is 7.11. The second kappa shape index (κ2) is 9.51. The van der Waals surface area contributed by atoms with E-state index in [1.807, 2.05) is 13.0 Å². The van der Waals surface area contributed by atoms with Crippen molar-refractivity contribution < 1.29 is 4.79 Å². The highest BCUT2D eigenvalue weighted by molar-refractivity contribution is 9.11. The molecule has 0 aromatic carbocycles. The number of carbonyl (C=O) groups is 1. The third kappa shape index (κ3) is 4.93. The average molecular weight is 447 g/mol. The first-order valence-electron chi connectivity index (χ1n) is 8.53. The van der Waals surface area contributed by atoms with E-state index in [1.54, 1.807) is 16.2 Å². The van der Waals surface area contributed by atoms with E-state index in [0.717, 1.165) is 22.1 Å². The van der Waals surface area contributed by atoms with E-state index in [1.165, 1.54) is 46.8 Å². The molecular formula is C18H24BrNOS3. The first kappa shape index (κ1) is 20.1. The molecule has 1 aromatic rings. The predicted molar refractivity (Wildman–Crippen MR) is 115 cm³/mol. The minimum Gasteiger partial charge on any atom is -0.293 e. The molecule has 0 bridgehead atoms. The number of unbranched alkanes of at least 4 members (excludes halogenated alkanes) is 1. The minimum absolute atomic E-state index is 0.0351. The van der Waals surface area contributed by atoms with Gasteiger partial charge in [-0.2, -0.15) is 0 Å². The van der Waals surface area contributed by atoms with Crippen LogP contribution in [0.25, 0.3) is 6.08 Å². The van der Waals surface area contributed by atoms with Gasteiger partial charge in [-0.25, -0.2) is 0 Å². The molecular weight excluding hydrogens is 422 g/mol. The summed E-state index contributed by atoms with van der Waals surface area (Å²) in [6, 6.07) is 2.22. The molecule has 0 N–H and O–H groups in total. The Morgan fingerprint density at radius 3 is 2.71 bits per heavy atom. The molecule has 2 heterocycles. The number of hydrogen-bond acceptors (Lipinski definition) is 4. The van der Waals surface area contributed by atoms with Crippen LogP contribution in [0.1, 0.15) is 56.9 Å². The van der Waals surface area contributed by atoms with Crippen molar-refractivity contribution in [2.24, 2.45) is 5.92 Å². The number of amides is 1. The van der Waals surface area contributed by atoms with Crippen LogP contribution in [0, 0.1) is 5.92 Å². The third-order valence-corrected chi connectivity index (χ3v) is 7.58. The molecule has 0 saturated carbocycles. The van der Waals surface area contributed by atoms with Gasteiger partial charge in [-0.1, -0.05) is 63.5 Å². The monoisotopic (exact) mass is 445 g/mol. The zero-order valence-electron chi connectivity index (χ0n) is 14.4. The fraction of sp³-hybridized carbons (Fsp3) is 0.556. The summed E-state index contributed by atoms with van der Waals surface area (Å²) in [5.41, 5.74) is 1.36. The Kier molecular flexibility index (Phi) is 7.98. The summed E-state index contributed by atoms with van der Waals surface area (Å²) in [5.74, 6) is 0.773. The summed E-state index contributed by atoms with van der Waals surface area (Å²) in [4.78, 5) is 15.8. The topological polar surface area (TPSA) is 20.3 Å². The lowest BCUT2D eigenvalue weighted by molar-refractivity contribution is -0.121. The van der Waals surface area contributed by atoms with Crippen molar-refractivity contribution in [3.05, 3.63) is 25.2 Å². The maximum absolute atomic E-state index is 12.3. The standard InChI is InChI=1S/C18H24BrNOS3/c1-4-7-8-12(5-2)9-13-10-14(23-16(13)19)11-15-17(21)20(6-3)18(22)24-15/h10-12H,4-9H2,1-3H3/b15-11-. The number of thioether (sulfide) groups is 1. The van der Waals surface area contributed by atoms with Crippen LogP contribution in [0.3, 0.4) is 0 Å². The molecule has 132 valence electrons. The molecule has 1 unspecified atom stereocenters. The molecule has 1 aromatic heterocycles. The summed E-state index contributed by atoms with van der Waals surface area (Å²) >= 11 is 12.1. The number of nitrogens with zero attached hydrogens (tertiary/aromatic N) is 1. The number of halogens is 1. The van der Waals surface area contributed by atoms with Gasteiger partial charge in [-0.05, 0) is 52.9 Å². The van der Waals surface area contributed by atoms with Crippen LogP contribution in [0.4, 0.5) is 0 Å². The summed E-state index contributed by atoms with van der Waals surface area (Å²) < 4.78 is 1.85. The second-order valence-electron chi connectivity index (χ2n) is 5.99. The zero-order chi connectivity index (χ0) is 17.7. The van der Waals surface area contributed by atoms with Crippen LogP contribution in [-0.2, 0) is 11.2 Å². The summed E-state index contributed by atoms with van der Waals surface area (Å²) in [5, 5.41) is 0. The van der Waals surface area contributed by atoms with E-state index in [-0.39, 0.29) is 5.91 Å². The van der Waals surface area contributed by atoms with Crippen LogP contribution in [0.2, 0.25) is 0 Å². The number of likely N-dealkylation sites (N-methyl/N-ethyl adjacent to an activating group) is 1. The van der Waals surface area contributed by atoms with Gasteiger partial charge >= 0.3 is 0 Å². The molecule has 1 saturated heterocycles. The van der Waals surface area contributed by atoms with Gasteiger partial charge in [0, 0.05) is 11.4 Å². The second-order valence-corrected chi connectivity index (χ2v) is 10.1. The average Bonchev–Trinajstić information content (AvgIpc) is 3.03. The van der Waals surface area contributed by atoms with E-state index < -0.39 is 0 Å². The molecule has 1 atom stereocenters. The highest BCUT2D eigenvalue weighted by Gasteiger charge is 2.30. The molecule has 2 rings (SSSR count). The molecule has 0 spiro atoms. The van der Waals surface area contributed by atoms with Crippen molar-refractivity contribution >= 4 is 67.6 Å². The number of rotatable bonds is 8. The first-order chi connectivity index (χ1) is 11.5. The minimum atomic E-state index is 0.0351. The Bertz CT molecular complexity index is 638. The zero-order valence-corrected chi connectivity index (χ0v) is 18.5. The van der Waals surface area contributed by atoms with Crippen LogP contribution in [0.5, 0.6) is 0 Å². The molecule has 24 heavy (non-hydrogen) atoms. The lowest BCUT2D eigenvalue weighted by Crippen LogP contribution is -2.27. The van der Waals surface area contributed by atoms with Crippen molar-refractivity contribution in [1.29, 1.82) is 0 Å².